The first-order valence-corrected chi connectivity index (χ1v) is 7.04. The third-order valence-corrected chi connectivity index (χ3v) is 2.62. The van der Waals surface area contributed by atoms with Gasteiger partial charge in [-0.3, -0.25) is 9.59 Å². The van der Waals surface area contributed by atoms with Gasteiger partial charge in [-0.15, -0.1) is 0 Å². The molecule has 0 atom stereocenters. The number of thioether (sulfide) groups is 1. The Balaban J connectivity index is 3.40. The Kier molecular flexibility index (Phi) is 8.94. The van der Waals surface area contributed by atoms with Gasteiger partial charge in [0.25, 0.3) is 0 Å². The van der Waals surface area contributed by atoms with Crippen molar-refractivity contribution < 1.29 is 19.1 Å². The van der Waals surface area contributed by atoms with Crippen molar-refractivity contribution >= 4 is 23.7 Å². The Morgan fingerprint density at radius 3 is 1.53 bits per heavy atom. The Labute approximate surface area is 107 Å². The molecule has 17 heavy (non-hydrogen) atoms. The molecule has 0 aromatic carbocycles. The minimum atomic E-state index is -0.183. The van der Waals surface area contributed by atoms with Crippen LogP contribution in [0.25, 0.3) is 0 Å². The topological polar surface area (TPSA) is 52.6 Å². The van der Waals surface area contributed by atoms with Crippen molar-refractivity contribution in [3.05, 3.63) is 0 Å². The van der Waals surface area contributed by atoms with Gasteiger partial charge < -0.3 is 9.47 Å². The van der Waals surface area contributed by atoms with Crippen LogP contribution in [0.5, 0.6) is 0 Å². The van der Waals surface area contributed by atoms with Crippen LogP contribution in [-0.2, 0) is 19.1 Å². The fraction of sp³-hybridized carbons (Fsp3) is 0.833. The molecule has 0 fully saturated rings. The summed E-state index contributed by atoms with van der Waals surface area (Å²) in [6.07, 6.45) is 0.659. The molecule has 0 amide bonds. The standard InChI is InChI=1S/C12H22O4S/c1-9(2)15-11(13)5-7-17-8-6-12(14)16-10(3)4/h9-10H,5-8H2,1-4H3. The van der Waals surface area contributed by atoms with Gasteiger partial charge in [-0.1, -0.05) is 0 Å². The molecule has 0 unspecified atom stereocenters. The molecular formula is C12H22O4S. The van der Waals surface area contributed by atoms with E-state index in [0.717, 1.165) is 0 Å². The number of ether oxygens (including phenoxy) is 2. The lowest BCUT2D eigenvalue weighted by molar-refractivity contribution is -0.147. The van der Waals surface area contributed by atoms with Crippen molar-refractivity contribution in [2.75, 3.05) is 11.5 Å². The molecule has 0 heterocycles. The molecule has 0 aromatic rings. The summed E-state index contributed by atoms with van der Waals surface area (Å²) in [4.78, 5) is 22.3. The Hall–Kier alpha value is -0.710. The van der Waals surface area contributed by atoms with E-state index in [9.17, 15) is 9.59 Å². The second-order valence-electron chi connectivity index (χ2n) is 4.19. The van der Waals surface area contributed by atoms with Crippen LogP contribution in [0.3, 0.4) is 0 Å². The van der Waals surface area contributed by atoms with Crippen molar-refractivity contribution in [3.63, 3.8) is 0 Å². The zero-order chi connectivity index (χ0) is 13.3. The average molecular weight is 262 g/mol. The van der Waals surface area contributed by atoms with Gasteiger partial charge in [-0.05, 0) is 27.7 Å². The van der Waals surface area contributed by atoms with Crippen LogP contribution in [0.4, 0.5) is 0 Å². The SMILES string of the molecule is CC(C)OC(=O)CCSCCC(=O)OC(C)C. The van der Waals surface area contributed by atoms with Crippen LogP contribution >= 0.6 is 11.8 Å². The molecule has 0 aliphatic rings. The summed E-state index contributed by atoms with van der Waals surface area (Å²) in [5.74, 6) is 0.996. The van der Waals surface area contributed by atoms with Crippen LogP contribution < -0.4 is 0 Å². The van der Waals surface area contributed by atoms with E-state index >= 15 is 0 Å². The van der Waals surface area contributed by atoms with Crippen molar-refractivity contribution in [3.8, 4) is 0 Å². The summed E-state index contributed by atoms with van der Waals surface area (Å²) in [6, 6.07) is 0. The van der Waals surface area contributed by atoms with Crippen LogP contribution in [0.2, 0.25) is 0 Å². The van der Waals surface area contributed by atoms with E-state index in [4.69, 9.17) is 9.47 Å². The van der Waals surface area contributed by atoms with Gasteiger partial charge in [0.1, 0.15) is 0 Å². The predicted molar refractivity (Wildman–Crippen MR) is 69.0 cm³/mol. The van der Waals surface area contributed by atoms with Gasteiger partial charge in [-0.2, -0.15) is 11.8 Å². The van der Waals surface area contributed by atoms with Crippen molar-refractivity contribution in [2.24, 2.45) is 0 Å². The van der Waals surface area contributed by atoms with E-state index in [1.54, 1.807) is 11.8 Å². The first-order valence-electron chi connectivity index (χ1n) is 5.88. The van der Waals surface area contributed by atoms with Crippen molar-refractivity contribution in [1.82, 2.24) is 0 Å². The molecule has 0 bridgehead atoms. The fourth-order valence-corrected chi connectivity index (χ4v) is 1.88. The number of hydrogen-bond donors (Lipinski definition) is 0. The maximum absolute atomic E-state index is 11.2. The second-order valence-corrected chi connectivity index (χ2v) is 5.41. The maximum Gasteiger partial charge on any atom is 0.306 e. The smallest absolute Gasteiger partial charge is 0.306 e. The lowest BCUT2D eigenvalue weighted by Crippen LogP contribution is -2.13. The molecular weight excluding hydrogens is 240 g/mol. The summed E-state index contributed by atoms with van der Waals surface area (Å²) in [5, 5.41) is 0. The first kappa shape index (κ1) is 16.3. The number of carbonyl (C=O) groups excluding carboxylic acids is 2. The fourth-order valence-electron chi connectivity index (χ4n) is 1.06. The highest BCUT2D eigenvalue weighted by molar-refractivity contribution is 7.99. The third-order valence-electron chi connectivity index (χ3n) is 1.64. The molecule has 4 nitrogen and oxygen atoms in total. The minimum Gasteiger partial charge on any atom is -0.463 e. The Bertz CT molecular complexity index is 215. The van der Waals surface area contributed by atoms with E-state index in [1.165, 1.54) is 0 Å². The number of esters is 2. The lowest BCUT2D eigenvalue weighted by Gasteiger charge is -2.08. The molecule has 0 N–H and O–H groups in total. The summed E-state index contributed by atoms with van der Waals surface area (Å²) in [6.45, 7) is 7.31. The van der Waals surface area contributed by atoms with Gasteiger partial charge >= 0.3 is 11.9 Å². The first-order chi connectivity index (χ1) is 7.91. The van der Waals surface area contributed by atoms with Gasteiger partial charge in [0.2, 0.25) is 0 Å². The normalized spacial score (nSPS) is 10.7. The molecule has 100 valence electrons. The molecule has 0 saturated carbocycles. The van der Waals surface area contributed by atoms with Crippen LogP contribution in [0, 0.1) is 0 Å². The molecule has 0 aromatic heterocycles. The molecule has 0 rings (SSSR count). The van der Waals surface area contributed by atoms with Gasteiger partial charge in [0.05, 0.1) is 25.0 Å². The number of carbonyl (C=O) groups is 2. The number of hydrogen-bond acceptors (Lipinski definition) is 5. The highest BCUT2D eigenvalue weighted by atomic mass is 32.2. The third kappa shape index (κ3) is 11.6. The molecule has 0 saturated heterocycles. The molecule has 0 radical (unpaired) electrons. The quantitative estimate of drug-likeness (QED) is 0.496. The second kappa shape index (κ2) is 9.33. The van der Waals surface area contributed by atoms with Crippen molar-refractivity contribution in [1.29, 1.82) is 0 Å². The van der Waals surface area contributed by atoms with Gasteiger partial charge in [0, 0.05) is 11.5 Å². The minimum absolute atomic E-state index is 0.0616. The Morgan fingerprint density at radius 1 is 0.882 bits per heavy atom. The summed E-state index contributed by atoms with van der Waals surface area (Å²) < 4.78 is 9.97. The molecule has 0 aliphatic heterocycles. The Morgan fingerprint density at radius 2 is 1.24 bits per heavy atom. The molecule has 5 heteroatoms. The van der Waals surface area contributed by atoms with E-state index in [1.807, 2.05) is 27.7 Å². The average Bonchev–Trinajstić information content (AvgIpc) is 2.14. The zero-order valence-corrected chi connectivity index (χ0v) is 11.8. The number of rotatable bonds is 8. The van der Waals surface area contributed by atoms with E-state index in [0.29, 0.717) is 24.3 Å². The molecule has 0 aliphatic carbocycles. The highest BCUT2D eigenvalue weighted by Gasteiger charge is 2.07. The summed E-state index contributed by atoms with van der Waals surface area (Å²) in [7, 11) is 0. The zero-order valence-electron chi connectivity index (χ0n) is 11.0. The van der Waals surface area contributed by atoms with Crippen LogP contribution in [-0.4, -0.2) is 35.7 Å². The summed E-state index contributed by atoms with van der Waals surface area (Å²) in [5.41, 5.74) is 0. The van der Waals surface area contributed by atoms with E-state index < -0.39 is 0 Å². The van der Waals surface area contributed by atoms with Gasteiger partial charge in [-0.25, -0.2) is 0 Å². The summed E-state index contributed by atoms with van der Waals surface area (Å²) >= 11 is 1.56. The largest absolute Gasteiger partial charge is 0.463 e. The maximum atomic E-state index is 11.2. The van der Waals surface area contributed by atoms with Crippen LogP contribution in [0.1, 0.15) is 40.5 Å². The van der Waals surface area contributed by atoms with E-state index in [-0.39, 0.29) is 24.1 Å². The predicted octanol–water partition coefficient (Wildman–Crippen LogP) is 2.40. The van der Waals surface area contributed by atoms with Gasteiger partial charge in [0.15, 0.2) is 0 Å². The highest BCUT2D eigenvalue weighted by Crippen LogP contribution is 2.07. The van der Waals surface area contributed by atoms with Crippen LogP contribution in [0.15, 0.2) is 0 Å². The monoisotopic (exact) mass is 262 g/mol. The van der Waals surface area contributed by atoms with E-state index in [2.05, 4.69) is 0 Å². The lowest BCUT2D eigenvalue weighted by atomic mass is 10.4. The molecule has 0 spiro atoms. The van der Waals surface area contributed by atoms with Crippen molar-refractivity contribution in [2.45, 2.75) is 52.7 Å².